The van der Waals surface area contributed by atoms with E-state index < -0.39 is 11.3 Å². The van der Waals surface area contributed by atoms with Gasteiger partial charge in [0.2, 0.25) is 0 Å². The summed E-state index contributed by atoms with van der Waals surface area (Å²) in [5.74, 6) is 1.34. The highest BCUT2D eigenvalue weighted by Gasteiger charge is 2.61. The summed E-state index contributed by atoms with van der Waals surface area (Å²) in [4.78, 5) is 0. The average Bonchev–Trinajstić information content (AvgIpc) is 3.33. The molecular weight excluding hydrogens is 283 g/mol. The molecule has 0 radical (unpaired) electrons. The Labute approximate surface area is 129 Å². The fourth-order valence-electron chi connectivity index (χ4n) is 2.82. The molecule has 2 aromatic carbocycles. The minimum Gasteiger partial charge on any atom is -0.497 e. The standard InChI is InChI=1S/C18H19FO3/c1-21-15-7-3-13(4-8-15)18(20,17(19)11-12-17)14-5-9-16(22-2)10-6-14/h3-10,20H,11-12H2,1-2H3. The Balaban J connectivity index is 2.07. The SMILES string of the molecule is COc1ccc(C(O)(c2ccc(OC)cc2)C2(F)CC2)cc1. The van der Waals surface area contributed by atoms with Gasteiger partial charge in [-0.2, -0.15) is 0 Å². The van der Waals surface area contributed by atoms with Crippen molar-refractivity contribution in [3.8, 4) is 11.5 Å². The predicted octanol–water partition coefficient (Wildman–Crippen LogP) is 3.44. The Morgan fingerprint density at radius 1 is 0.864 bits per heavy atom. The number of alkyl halides is 1. The topological polar surface area (TPSA) is 38.7 Å². The third kappa shape index (κ3) is 2.24. The Hall–Kier alpha value is -2.07. The first-order chi connectivity index (χ1) is 10.5. The zero-order chi connectivity index (χ0) is 15.8. The van der Waals surface area contributed by atoms with E-state index in [1.54, 1.807) is 62.8 Å². The van der Waals surface area contributed by atoms with E-state index in [9.17, 15) is 9.50 Å². The van der Waals surface area contributed by atoms with Gasteiger partial charge in [-0.1, -0.05) is 24.3 Å². The Morgan fingerprint density at radius 3 is 1.50 bits per heavy atom. The van der Waals surface area contributed by atoms with Crippen molar-refractivity contribution >= 4 is 0 Å². The smallest absolute Gasteiger partial charge is 0.148 e. The summed E-state index contributed by atoms with van der Waals surface area (Å²) in [7, 11) is 3.14. The van der Waals surface area contributed by atoms with Crippen LogP contribution in [0.3, 0.4) is 0 Å². The highest BCUT2D eigenvalue weighted by Crippen LogP contribution is 2.56. The number of methoxy groups -OCH3 is 2. The first-order valence-electron chi connectivity index (χ1n) is 7.24. The lowest BCUT2D eigenvalue weighted by Crippen LogP contribution is -2.39. The molecule has 0 aliphatic heterocycles. The summed E-state index contributed by atoms with van der Waals surface area (Å²) >= 11 is 0. The first kappa shape index (κ1) is 14.9. The zero-order valence-electron chi connectivity index (χ0n) is 12.7. The molecule has 22 heavy (non-hydrogen) atoms. The molecule has 4 heteroatoms. The molecule has 0 aromatic heterocycles. The number of rotatable bonds is 5. The van der Waals surface area contributed by atoms with E-state index in [1.807, 2.05) is 0 Å². The van der Waals surface area contributed by atoms with Gasteiger partial charge < -0.3 is 14.6 Å². The van der Waals surface area contributed by atoms with Gasteiger partial charge in [-0.25, -0.2) is 4.39 Å². The van der Waals surface area contributed by atoms with Crippen molar-refractivity contribution < 1.29 is 19.0 Å². The average molecular weight is 302 g/mol. The molecule has 3 nitrogen and oxygen atoms in total. The molecule has 1 aliphatic rings. The van der Waals surface area contributed by atoms with Gasteiger partial charge in [-0.05, 0) is 48.2 Å². The minimum atomic E-state index is -1.66. The van der Waals surface area contributed by atoms with Crippen LogP contribution in [-0.2, 0) is 5.60 Å². The monoisotopic (exact) mass is 302 g/mol. The van der Waals surface area contributed by atoms with Crippen molar-refractivity contribution in [1.82, 2.24) is 0 Å². The van der Waals surface area contributed by atoms with Crippen LogP contribution in [0.15, 0.2) is 48.5 Å². The van der Waals surface area contributed by atoms with Crippen LogP contribution in [-0.4, -0.2) is 25.0 Å². The van der Waals surface area contributed by atoms with Crippen molar-refractivity contribution in [2.45, 2.75) is 24.1 Å². The number of aliphatic hydroxyl groups is 1. The van der Waals surface area contributed by atoms with Crippen molar-refractivity contribution in [1.29, 1.82) is 0 Å². The molecular formula is C18H19FO3. The minimum absolute atomic E-state index is 0.349. The fraction of sp³-hybridized carbons (Fsp3) is 0.333. The van der Waals surface area contributed by atoms with Crippen molar-refractivity contribution in [3.05, 3.63) is 59.7 Å². The normalized spacial score (nSPS) is 16.2. The molecule has 116 valence electrons. The second kappa shape index (κ2) is 5.29. The van der Waals surface area contributed by atoms with E-state index in [2.05, 4.69) is 0 Å². The summed E-state index contributed by atoms with van der Waals surface area (Å²) in [5, 5.41) is 11.2. The lowest BCUT2D eigenvalue weighted by Gasteiger charge is -2.33. The molecule has 0 heterocycles. The number of benzene rings is 2. The summed E-state index contributed by atoms with van der Waals surface area (Å²) in [6, 6.07) is 13.8. The molecule has 1 aliphatic carbocycles. The van der Waals surface area contributed by atoms with Crippen molar-refractivity contribution in [3.63, 3.8) is 0 Å². The predicted molar refractivity (Wildman–Crippen MR) is 82.1 cm³/mol. The van der Waals surface area contributed by atoms with Crippen LogP contribution in [0.2, 0.25) is 0 Å². The first-order valence-corrected chi connectivity index (χ1v) is 7.24. The third-order valence-electron chi connectivity index (χ3n) is 4.35. The van der Waals surface area contributed by atoms with Gasteiger partial charge in [0.15, 0.2) is 0 Å². The van der Waals surface area contributed by atoms with E-state index in [1.165, 1.54) is 0 Å². The van der Waals surface area contributed by atoms with Crippen LogP contribution < -0.4 is 9.47 Å². The van der Waals surface area contributed by atoms with E-state index in [4.69, 9.17) is 9.47 Å². The molecule has 2 aromatic rings. The van der Waals surface area contributed by atoms with E-state index in [-0.39, 0.29) is 0 Å². The quantitative estimate of drug-likeness (QED) is 0.919. The molecule has 0 atom stereocenters. The molecule has 0 spiro atoms. The van der Waals surface area contributed by atoms with E-state index in [0.29, 0.717) is 35.5 Å². The Bertz CT molecular complexity index is 598. The maximum Gasteiger partial charge on any atom is 0.148 e. The van der Waals surface area contributed by atoms with Gasteiger partial charge >= 0.3 is 0 Å². The Morgan fingerprint density at radius 2 is 1.23 bits per heavy atom. The van der Waals surface area contributed by atoms with Gasteiger partial charge in [-0.15, -0.1) is 0 Å². The molecule has 1 saturated carbocycles. The van der Waals surface area contributed by atoms with Crippen LogP contribution in [0.5, 0.6) is 11.5 Å². The Kier molecular flexibility index (Phi) is 3.57. The summed E-state index contributed by atoms with van der Waals surface area (Å²) in [5.41, 5.74) is -2.24. The van der Waals surface area contributed by atoms with Crippen LogP contribution in [0.1, 0.15) is 24.0 Å². The van der Waals surface area contributed by atoms with E-state index >= 15 is 0 Å². The molecule has 1 N–H and O–H groups in total. The highest BCUT2D eigenvalue weighted by molar-refractivity contribution is 5.45. The zero-order valence-corrected chi connectivity index (χ0v) is 12.7. The highest BCUT2D eigenvalue weighted by atomic mass is 19.1. The third-order valence-corrected chi connectivity index (χ3v) is 4.35. The summed E-state index contributed by atoms with van der Waals surface area (Å²) in [6.07, 6.45) is 0.698. The molecule has 0 unspecified atom stereocenters. The summed E-state index contributed by atoms with van der Waals surface area (Å²) < 4.78 is 25.2. The molecule has 0 bridgehead atoms. The van der Waals surface area contributed by atoms with E-state index in [0.717, 1.165) is 0 Å². The lowest BCUT2D eigenvalue weighted by molar-refractivity contribution is -0.0203. The second-order valence-electron chi connectivity index (χ2n) is 5.63. The molecule has 3 rings (SSSR count). The van der Waals surface area contributed by atoms with Crippen molar-refractivity contribution in [2.24, 2.45) is 0 Å². The van der Waals surface area contributed by atoms with Crippen LogP contribution in [0.4, 0.5) is 4.39 Å². The summed E-state index contributed by atoms with van der Waals surface area (Å²) in [6.45, 7) is 0. The van der Waals surface area contributed by atoms with Crippen LogP contribution >= 0.6 is 0 Å². The van der Waals surface area contributed by atoms with Crippen LogP contribution in [0.25, 0.3) is 0 Å². The number of hydrogen-bond acceptors (Lipinski definition) is 3. The van der Waals surface area contributed by atoms with Gasteiger partial charge in [0.05, 0.1) is 14.2 Å². The van der Waals surface area contributed by atoms with Crippen molar-refractivity contribution in [2.75, 3.05) is 14.2 Å². The molecule has 0 saturated heterocycles. The van der Waals surface area contributed by atoms with Gasteiger partial charge in [-0.3, -0.25) is 0 Å². The number of halogens is 1. The fourth-order valence-corrected chi connectivity index (χ4v) is 2.82. The molecule has 1 fully saturated rings. The van der Waals surface area contributed by atoms with Gasteiger partial charge in [0.25, 0.3) is 0 Å². The van der Waals surface area contributed by atoms with Crippen LogP contribution in [0, 0.1) is 0 Å². The second-order valence-corrected chi connectivity index (χ2v) is 5.63. The lowest BCUT2D eigenvalue weighted by atomic mass is 9.80. The van der Waals surface area contributed by atoms with Gasteiger partial charge in [0, 0.05) is 0 Å². The maximum atomic E-state index is 15.0. The number of hydrogen-bond donors (Lipinski definition) is 1. The largest absolute Gasteiger partial charge is 0.497 e. The maximum absolute atomic E-state index is 15.0. The molecule has 0 amide bonds. The van der Waals surface area contributed by atoms with Gasteiger partial charge in [0.1, 0.15) is 22.8 Å². The number of ether oxygens (including phenoxy) is 2.